The molecule has 0 unspecified atom stereocenters. The number of aliphatic hydroxyl groups is 1. The van der Waals surface area contributed by atoms with Crippen molar-refractivity contribution in [1.82, 2.24) is 0 Å². The van der Waals surface area contributed by atoms with E-state index >= 15 is 0 Å². The second kappa shape index (κ2) is 6.26. The van der Waals surface area contributed by atoms with E-state index in [4.69, 9.17) is 0 Å². The van der Waals surface area contributed by atoms with Gasteiger partial charge in [-0.05, 0) is 38.0 Å². The van der Waals surface area contributed by atoms with E-state index < -0.39 is 6.10 Å². The van der Waals surface area contributed by atoms with Crippen LogP contribution in [0.15, 0.2) is 22.7 Å². The van der Waals surface area contributed by atoms with Crippen LogP contribution < -0.4 is 4.90 Å². The lowest BCUT2D eigenvalue weighted by molar-refractivity contribution is 0.198. The van der Waals surface area contributed by atoms with E-state index in [0.717, 1.165) is 29.5 Å². The maximum absolute atomic E-state index is 9.55. The molecule has 1 aromatic rings. The van der Waals surface area contributed by atoms with Crippen molar-refractivity contribution in [2.24, 2.45) is 0 Å². The average Bonchev–Trinajstić information content (AvgIpc) is 2.25. The fourth-order valence-corrected chi connectivity index (χ4v) is 2.49. The summed E-state index contributed by atoms with van der Waals surface area (Å²) in [4.78, 5) is 2.33. The quantitative estimate of drug-likeness (QED) is 0.891. The van der Waals surface area contributed by atoms with Crippen molar-refractivity contribution in [2.75, 3.05) is 18.0 Å². The smallest absolute Gasteiger partial charge is 0.0772 e. The number of hydrogen-bond donors (Lipinski definition) is 1. The molecule has 1 aromatic carbocycles. The predicted octanol–water partition coefficient (Wildman–Crippen LogP) is 3.74. The van der Waals surface area contributed by atoms with Gasteiger partial charge >= 0.3 is 0 Å². The predicted molar refractivity (Wildman–Crippen MR) is 73.0 cm³/mol. The van der Waals surface area contributed by atoms with Gasteiger partial charge < -0.3 is 10.0 Å². The van der Waals surface area contributed by atoms with Crippen LogP contribution in [0.4, 0.5) is 5.69 Å². The van der Waals surface area contributed by atoms with E-state index in [1.807, 2.05) is 6.07 Å². The van der Waals surface area contributed by atoms with Crippen LogP contribution in [-0.2, 0) is 0 Å². The van der Waals surface area contributed by atoms with Crippen LogP contribution in [0.25, 0.3) is 0 Å². The van der Waals surface area contributed by atoms with Crippen molar-refractivity contribution in [3.63, 3.8) is 0 Å². The number of benzene rings is 1. The molecule has 0 saturated heterocycles. The molecule has 90 valence electrons. The lowest BCUT2D eigenvalue weighted by Gasteiger charge is -2.23. The molecule has 0 heterocycles. The fraction of sp³-hybridized carbons (Fsp3) is 0.538. The first-order valence-corrected chi connectivity index (χ1v) is 6.61. The highest BCUT2D eigenvalue weighted by molar-refractivity contribution is 9.10. The Kier molecular flexibility index (Phi) is 5.29. The molecule has 1 N–H and O–H groups in total. The molecule has 2 nitrogen and oxygen atoms in total. The standard InChI is InChI=1S/C13H20BrNO/c1-4-8-15(5-2)11-6-7-12(10(3)16)13(14)9-11/h6-7,9-10,16H,4-5,8H2,1-3H3/t10-/m1/s1. The van der Waals surface area contributed by atoms with Gasteiger partial charge in [-0.2, -0.15) is 0 Å². The van der Waals surface area contributed by atoms with Crippen LogP contribution in [0.1, 0.15) is 38.9 Å². The molecule has 3 heteroatoms. The molecule has 16 heavy (non-hydrogen) atoms. The first-order chi connectivity index (χ1) is 7.60. The van der Waals surface area contributed by atoms with E-state index in [2.05, 4.69) is 46.8 Å². The Morgan fingerprint density at radius 2 is 2.06 bits per heavy atom. The SMILES string of the molecule is CCCN(CC)c1ccc([C@@H](C)O)c(Br)c1. The Balaban J connectivity index is 2.95. The van der Waals surface area contributed by atoms with Gasteiger partial charge in [-0.3, -0.25) is 0 Å². The van der Waals surface area contributed by atoms with Crippen molar-refractivity contribution in [3.8, 4) is 0 Å². The third-order valence-electron chi connectivity index (χ3n) is 2.67. The molecule has 1 rings (SSSR count). The number of hydrogen-bond acceptors (Lipinski definition) is 2. The van der Waals surface area contributed by atoms with E-state index in [1.165, 1.54) is 5.69 Å². The summed E-state index contributed by atoms with van der Waals surface area (Å²) < 4.78 is 0.981. The monoisotopic (exact) mass is 285 g/mol. The Morgan fingerprint density at radius 3 is 2.50 bits per heavy atom. The fourth-order valence-electron chi connectivity index (χ4n) is 1.79. The molecule has 0 aliphatic rings. The zero-order valence-corrected chi connectivity index (χ0v) is 11.8. The molecule has 0 aromatic heterocycles. The van der Waals surface area contributed by atoms with Gasteiger partial charge in [0.2, 0.25) is 0 Å². The topological polar surface area (TPSA) is 23.5 Å². The number of halogens is 1. The number of nitrogens with zero attached hydrogens (tertiary/aromatic N) is 1. The first-order valence-electron chi connectivity index (χ1n) is 5.82. The lowest BCUT2D eigenvalue weighted by Crippen LogP contribution is -2.23. The van der Waals surface area contributed by atoms with Gasteiger partial charge in [0, 0.05) is 23.2 Å². The van der Waals surface area contributed by atoms with Gasteiger partial charge in [-0.15, -0.1) is 0 Å². The maximum atomic E-state index is 9.55. The second-order valence-corrected chi connectivity index (χ2v) is 4.82. The number of rotatable bonds is 5. The summed E-state index contributed by atoms with van der Waals surface area (Å²) in [5.41, 5.74) is 2.15. The molecule has 0 radical (unpaired) electrons. The van der Waals surface area contributed by atoms with E-state index in [9.17, 15) is 5.11 Å². The molecule has 0 amide bonds. The third kappa shape index (κ3) is 3.22. The van der Waals surface area contributed by atoms with Crippen LogP contribution in [0.2, 0.25) is 0 Å². The molecule has 0 fully saturated rings. The summed E-state index contributed by atoms with van der Waals surface area (Å²) >= 11 is 3.51. The molecule has 0 bridgehead atoms. The lowest BCUT2D eigenvalue weighted by atomic mass is 10.1. The van der Waals surface area contributed by atoms with Crippen LogP contribution >= 0.6 is 15.9 Å². The zero-order valence-electron chi connectivity index (χ0n) is 10.2. The van der Waals surface area contributed by atoms with E-state index in [0.29, 0.717) is 0 Å². The summed E-state index contributed by atoms with van der Waals surface area (Å²) in [6, 6.07) is 6.15. The highest BCUT2D eigenvalue weighted by Crippen LogP contribution is 2.28. The van der Waals surface area contributed by atoms with Gasteiger partial charge in [-0.25, -0.2) is 0 Å². The van der Waals surface area contributed by atoms with Crippen LogP contribution in [0, 0.1) is 0 Å². The van der Waals surface area contributed by atoms with Gasteiger partial charge in [0.25, 0.3) is 0 Å². The van der Waals surface area contributed by atoms with Gasteiger partial charge in [-0.1, -0.05) is 28.9 Å². The van der Waals surface area contributed by atoms with Crippen molar-refractivity contribution < 1.29 is 5.11 Å². The highest BCUT2D eigenvalue weighted by atomic mass is 79.9. The summed E-state index contributed by atoms with van der Waals surface area (Å²) in [7, 11) is 0. The largest absolute Gasteiger partial charge is 0.389 e. The molecule has 0 saturated carbocycles. The summed E-state index contributed by atoms with van der Waals surface area (Å²) in [6.45, 7) is 8.20. The average molecular weight is 286 g/mol. The Morgan fingerprint density at radius 1 is 1.38 bits per heavy atom. The Bertz CT molecular complexity index is 339. The molecular weight excluding hydrogens is 266 g/mol. The van der Waals surface area contributed by atoms with Crippen LogP contribution in [0.5, 0.6) is 0 Å². The summed E-state index contributed by atoms with van der Waals surface area (Å²) in [6.07, 6.45) is 0.716. The van der Waals surface area contributed by atoms with Crippen LogP contribution in [0.3, 0.4) is 0 Å². The minimum absolute atomic E-state index is 0.426. The van der Waals surface area contributed by atoms with E-state index in [-0.39, 0.29) is 0 Å². The molecular formula is C13H20BrNO. The van der Waals surface area contributed by atoms with Crippen molar-refractivity contribution in [3.05, 3.63) is 28.2 Å². The zero-order chi connectivity index (χ0) is 12.1. The van der Waals surface area contributed by atoms with Gasteiger partial charge in [0.05, 0.1) is 6.10 Å². The molecule has 1 atom stereocenters. The number of anilines is 1. The first kappa shape index (κ1) is 13.5. The highest BCUT2D eigenvalue weighted by Gasteiger charge is 2.09. The van der Waals surface area contributed by atoms with Crippen LogP contribution in [-0.4, -0.2) is 18.2 Å². The minimum Gasteiger partial charge on any atom is -0.389 e. The summed E-state index contributed by atoms with van der Waals surface area (Å²) in [5.74, 6) is 0. The Labute approximate surface area is 106 Å². The maximum Gasteiger partial charge on any atom is 0.0772 e. The Hall–Kier alpha value is -0.540. The normalized spacial score (nSPS) is 12.6. The van der Waals surface area contributed by atoms with E-state index in [1.54, 1.807) is 6.92 Å². The van der Waals surface area contributed by atoms with Crippen molar-refractivity contribution >= 4 is 21.6 Å². The van der Waals surface area contributed by atoms with Crippen molar-refractivity contribution in [2.45, 2.75) is 33.3 Å². The third-order valence-corrected chi connectivity index (χ3v) is 3.36. The summed E-state index contributed by atoms with van der Waals surface area (Å²) in [5, 5.41) is 9.55. The second-order valence-electron chi connectivity index (χ2n) is 3.96. The minimum atomic E-state index is -0.426. The number of aliphatic hydroxyl groups excluding tert-OH is 1. The van der Waals surface area contributed by atoms with Gasteiger partial charge in [0.1, 0.15) is 0 Å². The molecule has 0 aliphatic heterocycles. The van der Waals surface area contributed by atoms with Crippen molar-refractivity contribution in [1.29, 1.82) is 0 Å². The van der Waals surface area contributed by atoms with Gasteiger partial charge in [0.15, 0.2) is 0 Å². The molecule has 0 aliphatic carbocycles. The molecule has 0 spiro atoms.